The third-order valence-corrected chi connectivity index (χ3v) is 6.20. The number of nitrogens with zero attached hydrogens (tertiary/aromatic N) is 1. The number of carbonyl (C=O) groups excluding carboxylic acids is 2. The third kappa shape index (κ3) is 8.13. The molecular weight excluding hydrogens is 474 g/mol. The van der Waals surface area contributed by atoms with Crippen molar-refractivity contribution in [2.75, 3.05) is 38.6 Å². The lowest BCUT2D eigenvalue weighted by atomic mass is 9.90. The lowest BCUT2D eigenvalue weighted by Crippen LogP contribution is -2.43. The predicted molar refractivity (Wildman–Crippen MR) is 141 cm³/mol. The predicted octanol–water partition coefficient (Wildman–Crippen LogP) is 3.77. The number of aliphatic hydroxyl groups excluding tert-OH is 1. The molecule has 1 heterocycles. The van der Waals surface area contributed by atoms with Gasteiger partial charge in [-0.2, -0.15) is 0 Å². The van der Waals surface area contributed by atoms with E-state index in [1.54, 1.807) is 19.1 Å². The SMILES string of the molecule is C=CCN(C)C[C@H]1O[C@@H](c2ccc(NC(=O)NCC(=O)OCC)cc2)O[C@@H](c2ccc(CO)cc2)[C@H]1C. The summed E-state index contributed by atoms with van der Waals surface area (Å²) in [6, 6.07) is 14.5. The Morgan fingerprint density at radius 1 is 1.11 bits per heavy atom. The van der Waals surface area contributed by atoms with Gasteiger partial charge in [0.15, 0.2) is 6.29 Å². The fraction of sp³-hybridized carbons (Fsp3) is 0.429. The summed E-state index contributed by atoms with van der Waals surface area (Å²) in [5, 5.41) is 14.6. The second kappa shape index (κ2) is 13.9. The summed E-state index contributed by atoms with van der Waals surface area (Å²) in [7, 11) is 2.03. The van der Waals surface area contributed by atoms with E-state index in [2.05, 4.69) is 29.0 Å². The molecule has 4 atom stereocenters. The molecule has 200 valence electrons. The quantitative estimate of drug-likeness (QED) is 0.311. The molecule has 0 bridgehead atoms. The average Bonchev–Trinajstić information content (AvgIpc) is 2.89. The first-order chi connectivity index (χ1) is 17.8. The molecule has 1 fully saturated rings. The zero-order valence-corrected chi connectivity index (χ0v) is 21.7. The molecule has 0 unspecified atom stereocenters. The van der Waals surface area contributed by atoms with Crippen molar-refractivity contribution >= 4 is 17.7 Å². The molecule has 3 N–H and O–H groups in total. The van der Waals surface area contributed by atoms with Crippen LogP contribution in [0.4, 0.5) is 10.5 Å². The lowest BCUT2D eigenvalue weighted by molar-refractivity contribution is -0.275. The van der Waals surface area contributed by atoms with Crippen LogP contribution in [-0.2, 0) is 25.6 Å². The lowest BCUT2D eigenvalue weighted by Gasteiger charge is -2.42. The van der Waals surface area contributed by atoms with E-state index in [4.69, 9.17) is 14.2 Å². The monoisotopic (exact) mass is 511 g/mol. The maximum atomic E-state index is 12.1. The Kier molecular flexibility index (Phi) is 10.6. The van der Waals surface area contributed by atoms with Crippen molar-refractivity contribution in [1.82, 2.24) is 10.2 Å². The second-order valence-corrected chi connectivity index (χ2v) is 9.07. The molecule has 1 aliphatic heterocycles. The van der Waals surface area contributed by atoms with Crippen LogP contribution in [0.3, 0.4) is 0 Å². The summed E-state index contributed by atoms with van der Waals surface area (Å²) in [6.07, 6.45) is 0.951. The Balaban J connectivity index is 1.73. The summed E-state index contributed by atoms with van der Waals surface area (Å²) in [5.74, 6) is -0.421. The molecule has 0 aromatic heterocycles. The Labute approximate surface area is 218 Å². The number of benzene rings is 2. The molecular formula is C28H37N3O6. The number of amides is 2. The molecule has 1 aliphatic rings. The number of likely N-dealkylation sites (N-methyl/N-ethyl adjacent to an activating group) is 1. The number of nitrogens with one attached hydrogen (secondary N) is 2. The van der Waals surface area contributed by atoms with Crippen molar-refractivity contribution in [3.8, 4) is 0 Å². The Morgan fingerprint density at radius 3 is 2.41 bits per heavy atom. The van der Waals surface area contributed by atoms with Gasteiger partial charge in [-0.25, -0.2) is 4.79 Å². The molecule has 9 nitrogen and oxygen atoms in total. The molecule has 0 saturated carbocycles. The van der Waals surface area contributed by atoms with E-state index in [0.29, 0.717) is 12.2 Å². The molecule has 2 aromatic rings. The number of hydrogen-bond acceptors (Lipinski definition) is 7. The van der Waals surface area contributed by atoms with E-state index in [9.17, 15) is 14.7 Å². The van der Waals surface area contributed by atoms with Crippen LogP contribution in [0.25, 0.3) is 0 Å². The van der Waals surface area contributed by atoms with Gasteiger partial charge >= 0.3 is 12.0 Å². The Morgan fingerprint density at radius 2 is 1.78 bits per heavy atom. The number of hydrogen-bond donors (Lipinski definition) is 3. The summed E-state index contributed by atoms with van der Waals surface area (Å²) >= 11 is 0. The maximum Gasteiger partial charge on any atom is 0.325 e. The van der Waals surface area contributed by atoms with E-state index in [1.165, 1.54) is 0 Å². The highest BCUT2D eigenvalue weighted by molar-refractivity contribution is 5.91. The summed E-state index contributed by atoms with van der Waals surface area (Å²) in [4.78, 5) is 25.7. The normalized spacial score (nSPS) is 21.3. The van der Waals surface area contributed by atoms with Gasteiger partial charge in [0.2, 0.25) is 0 Å². The van der Waals surface area contributed by atoms with Gasteiger partial charge in [0, 0.05) is 30.3 Å². The van der Waals surface area contributed by atoms with Crippen LogP contribution in [0.5, 0.6) is 0 Å². The molecule has 0 radical (unpaired) electrons. The molecule has 1 saturated heterocycles. The highest BCUT2D eigenvalue weighted by atomic mass is 16.7. The minimum Gasteiger partial charge on any atom is -0.465 e. The molecule has 0 spiro atoms. The average molecular weight is 512 g/mol. The van der Waals surface area contributed by atoms with Gasteiger partial charge in [-0.05, 0) is 37.2 Å². The number of urea groups is 1. The van der Waals surface area contributed by atoms with Gasteiger partial charge in [-0.1, -0.05) is 49.4 Å². The van der Waals surface area contributed by atoms with Crippen molar-refractivity contribution in [2.24, 2.45) is 5.92 Å². The smallest absolute Gasteiger partial charge is 0.325 e. The van der Waals surface area contributed by atoms with E-state index in [0.717, 1.165) is 23.2 Å². The molecule has 3 rings (SSSR count). The van der Waals surface area contributed by atoms with E-state index >= 15 is 0 Å². The molecule has 0 aliphatic carbocycles. The van der Waals surface area contributed by atoms with Crippen LogP contribution in [0.2, 0.25) is 0 Å². The van der Waals surface area contributed by atoms with Gasteiger partial charge in [0.1, 0.15) is 6.54 Å². The minimum atomic E-state index is -0.604. The van der Waals surface area contributed by atoms with Crippen LogP contribution < -0.4 is 10.6 Å². The fourth-order valence-corrected chi connectivity index (χ4v) is 4.19. The molecule has 2 amide bonds. The number of rotatable bonds is 11. The van der Waals surface area contributed by atoms with E-state index in [1.807, 2.05) is 49.5 Å². The van der Waals surface area contributed by atoms with Crippen molar-refractivity contribution in [2.45, 2.75) is 39.0 Å². The van der Waals surface area contributed by atoms with Crippen LogP contribution in [0, 0.1) is 5.92 Å². The minimum absolute atomic E-state index is 0.0106. The first kappa shape index (κ1) is 28.3. The fourth-order valence-electron chi connectivity index (χ4n) is 4.19. The molecule has 9 heteroatoms. The Hall–Kier alpha value is -3.24. The van der Waals surface area contributed by atoms with Crippen LogP contribution >= 0.6 is 0 Å². The van der Waals surface area contributed by atoms with Gasteiger partial charge < -0.3 is 34.9 Å². The van der Waals surface area contributed by atoms with Crippen LogP contribution in [0.15, 0.2) is 61.2 Å². The zero-order valence-electron chi connectivity index (χ0n) is 21.7. The number of aliphatic hydroxyl groups is 1. The highest BCUT2D eigenvalue weighted by Gasteiger charge is 2.38. The van der Waals surface area contributed by atoms with Crippen molar-refractivity contribution in [3.05, 3.63) is 77.9 Å². The van der Waals surface area contributed by atoms with E-state index in [-0.39, 0.29) is 37.9 Å². The molecule has 37 heavy (non-hydrogen) atoms. The second-order valence-electron chi connectivity index (χ2n) is 9.07. The summed E-state index contributed by atoms with van der Waals surface area (Å²) < 4.78 is 17.7. The maximum absolute atomic E-state index is 12.1. The van der Waals surface area contributed by atoms with Gasteiger partial charge in [0.25, 0.3) is 0 Å². The first-order valence-electron chi connectivity index (χ1n) is 12.4. The van der Waals surface area contributed by atoms with Crippen molar-refractivity contribution < 1.29 is 28.9 Å². The molecule has 2 aromatic carbocycles. The van der Waals surface area contributed by atoms with Crippen molar-refractivity contribution in [1.29, 1.82) is 0 Å². The number of esters is 1. The zero-order chi connectivity index (χ0) is 26.8. The largest absolute Gasteiger partial charge is 0.465 e. The highest BCUT2D eigenvalue weighted by Crippen LogP contribution is 2.41. The summed E-state index contributed by atoms with van der Waals surface area (Å²) in [5.41, 5.74) is 3.24. The number of ether oxygens (including phenoxy) is 3. The Bertz CT molecular complexity index is 1030. The number of carbonyl (C=O) groups is 2. The topological polar surface area (TPSA) is 109 Å². The third-order valence-electron chi connectivity index (χ3n) is 6.20. The van der Waals surface area contributed by atoms with E-state index < -0.39 is 18.3 Å². The van der Waals surface area contributed by atoms with Gasteiger partial charge in [0.05, 0.1) is 25.4 Å². The first-order valence-corrected chi connectivity index (χ1v) is 12.4. The van der Waals surface area contributed by atoms with Crippen LogP contribution in [-0.4, -0.2) is 61.4 Å². The standard InChI is InChI=1S/C28H37N3O6/c1-5-15-31(4)17-24-19(3)26(21-9-7-20(18-32)8-10-21)37-27(36-24)22-11-13-23(14-12-22)30-28(34)29-16-25(33)35-6-2/h5,7-14,19,24,26-27,32H,1,6,15-18H2,2-4H3,(H2,29,30,34)/t19-,24+,26+,27+/m0/s1. The summed E-state index contributed by atoms with van der Waals surface area (Å²) in [6.45, 7) is 9.14. The van der Waals surface area contributed by atoms with Crippen molar-refractivity contribution in [3.63, 3.8) is 0 Å². The van der Waals surface area contributed by atoms with Crippen LogP contribution in [0.1, 0.15) is 42.9 Å². The van der Waals surface area contributed by atoms with Gasteiger partial charge in [-0.15, -0.1) is 6.58 Å². The number of anilines is 1. The van der Waals surface area contributed by atoms with Gasteiger partial charge in [-0.3, -0.25) is 4.79 Å².